The molecule has 0 spiro atoms. The number of rotatable bonds is 6. The van der Waals surface area contributed by atoms with Gasteiger partial charge in [-0.1, -0.05) is 40.2 Å². The van der Waals surface area contributed by atoms with Gasteiger partial charge in [0.25, 0.3) is 0 Å². The number of ether oxygens (including phenoxy) is 1. The molecule has 0 aromatic heterocycles. The Morgan fingerprint density at radius 2 is 1.85 bits per heavy atom. The van der Waals surface area contributed by atoms with Crippen molar-refractivity contribution in [2.24, 2.45) is 0 Å². The van der Waals surface area contributed by atoms with Crippen LogP contribution in [0.25, 0.3) is 0 Å². The van der Waals surface area contributed by atoms with Crippen molar-refractivity contribution < 1.29 is 9.53 Å². The largest absolute Gasteiger partial charge is 0.489 e. The summed E-state index contributed by atoms with van der Waals surface area (Å²) >= 11 is 3.44. The summed E-state index contributed by atoms with van der Waals surface area (Å²) in [7, 11) is 0. The molecule has 0 unspecified atom stereocenters. The predicted octanol–water partition coefficient (Wildman–Crippen LogP) is 4.55. The zero-order chi connectivity index (χ0) is 14.4. The van der Waals surface area contributed by atoms with Gasteiger partial charge in [0.2, 0.25) is 0 Å². The molecule has 0 fully saturated rings. The first kappa shape index (κ1) is 14.8. The second-order valence-corrected chi connectivity index (χ2v) is 5.68. The van der Waals surface area contributed by atoms with Gasteiger partial charge in [-0.05, 0) is 48.7 Å². The molecular formula is C17H17BrO2. The molecule has 20 heavy (non-hydrogen) atoms. The Morgan fingerprint density at radius 3 is 2.50 bits per heavy atom. The minimum absolute atomic E-state index is 0.222. The van der Waals surface area contributed by atoms with Gasteiger partial charge in [0.15, 0.2) is 0 Å². The zero-order valence-corrected chi connectivity index (χ0v) is 13.0. The summed E-state index contributed by atoms with van der Waals surface area (Å²) in [5.41, 5.74) is 2.29. The third kappa shape index (κ3) is 4.82. The van der Waals surface area contributed by atoms with Gasteiger partial charge in [-0.2, -0.15) is 0 Å². The first-order valence-electron chi connectivity index (χ1n) is 6.59. The van der Waals surface area contributed by atoms with Crippen molar-refractivity contribution in [2.45, 2.75) is 26.4 Å². The van der Waals surface area contributed by atoms with E-state index in [1.807, 2.05) is 48.5 Å². The Morgan fingerprint density at radius 1 is 1.10 bits per heavy atom. The highest BCUT2D eigenvalue weighted by molar-refractivity contribution is 9.10. The van der Waals surface area contributed by atoms with Gasteiger partial charge in [0.05, 0.1) is 0 Å². The Labute approximate surface area is 127 Å². The van der Waals surface area contributed by atoms with Crippen LogP contribution < -0.4 is 4.74 Å². The van der Waals surface area contributed by atoms with Gasteiger partial charge in [-0.3, -0.25) is 0 Å². The number of hydrogen-bond donors (Lipinski definition) is 0. The number of carbonyl (C=O) groups excluding carboxylic acids is 1. The molecule has 0 aliphatic rings. The summed E-state index contributed by atoms with van der Waals surface area (Å²) in [6.07, 6.45) is 1.39. The van der Waals surface area contributed by atoms with Crippen LogP contribution in [0, 0.1) is 0 Å². The molecule has 0 aliphatic heterocycles. The highest BCUT2D eigenvalue weighted by Gasteiger charge is 1.99. The molecule has 0 heterocycles. The van der Waals surface area contributed by atoms with E-state index in [0.29, 0.717) is 13.0 Å². The normalized spacial score (nSPS) is 10.3. The quantitative estimate of drug-likeness (QED) is 0.775. The van der Waals surface area contributed by atoms with Crippen LogP contribution in [0.15, 0.2) is 53.0 Å². The van der Waals surface area contributed by atoms with Crippen LogP contribution in [-0.2, 0) is 17.8 Å². The Balaban J connectivity index is 1.89. The standard InChI is InChI=1S/C17H17BrO2/c1-13(19)5-6-14-7-9-17(10-8-14)20-12-15-3-2-4-16(18)11-15/h2-4,7-11H,5-6,12H2,1H3. The fourth-order valence-corrected chi connectivity index (χ4v) is 2.31. The lowest BCUT2D eigenvalue weighted by molar-refractivity contribution is -0.116. The van der Waals surface area contributed by atoms with Crippen LogP contribution in [0.2, 0.25) is 0 Å². The summed E-state index contributed by atoms with van der Waals surface area (Å²) < 4.78 is 6.79. The van der Waals surface area contributed by atoms with Crippen molar-refractivity contribution in [3.8, 4) is 5.75 Å². The lowest BCUT2D eigenvalue weighted by atomic mass is 10.1. The van der Waals surface area contributed by atoms with Crippen molar-refractivity contribution in [3.05, 3.63) is 64.1 Å². The first-order chi connectivity index (χ1) is 9.63. The number of benzene rings is 2. The molecular weight excluding hydrogens is 316 g/mol. The summed E-state index contributed by atoms with van der Waals surface area (Å²) in [6.45, 7) is 2.17. The molecule has 3 heteroatoms. The average molecular weight is 333 g/mol. The summed E-state index contributed by atoms with van der Waals surface area (Å²) in [5, 5.41) is 0. The molecule has 104 valence electrons. The smallest absolute Gasteiger partial charge is 0.130 e. The fraction of sp³-hybridized carbons (Fsp3) is 0.235. The molecule has 0 radical (unpaired) electrons. The van der Waals surface area contributed by atoms with Gasteiger partial charge in [0.1, 0.15) is 18.1 Å². The van der Waals surface area contributed by atoms with Crippen molar-refractivity contribution >= 4 is 21.7 Å². The number of Topliss-reactive ketones (excluding diaryl/α,β-unsaturated/α-hetero) is 1. The molecule has 2 nitrogen and oxygen atoms in total. The van der Waals surface area contributed by atoms with Crippen LogP contribution in [0.5, 0.6) is 5.75 Å². The molecule has 0 saturated heterocycles. The van der Waals surface area contributed by atoms with Crippen LogP contribution in [0.4, 0.5) is 0 Å². The highest BCUT2D eigenvalue weighted by atomic mass is 79.9. The van der Waals surface area contributed by atoms with Crippen LogP contribution >= 0.6 is 15.9 Å². The summed E-state index contributed by atoms with van der Waals surface area (Å²) in [4.78, 5) is 10.9. The molecule has 0 amide bonds. The highest BCUT2D eigenvalue weighted by Crippen LogP contribution is 2.17. The number of ketones is 1. The van der Waals surface area contributed by atoms with Crippen LogP contribution in [0.3, 0.4) is 0 Å². The number of halogens is 1. The lowest BCUT2D eigenvalue weighted by Crippen LogP contribution is -1.96. The van der Waals surface area contributed by atoms with Crippen molar-refractivity contribution in [1.29, 1.82) is 0 Å². The maximum atomic E-state index is 10.9. The van der Waals surface area contributed by atoms with Crippen molar-refractivity contribution in [3.63, 3.8) is 0 Å². The second-order valence-electron chi connectivity index (χ2n) is 4.76. The van der Waals surface area contributed by atoms with Gasteiger partial charge in [-0.15, -0.1) is 0 Å². The third-order valence-electron chi connectivity index (χ3n) is 2.98. The number of carbonyl (C=O) groups is 1. The van der Waals surface area contributed by atoms with Crippen molar-refractivity contribution in [1.82, 2.24) is 0 Å². The van der Waals surface area contributed by atoms with E-state index in [-0.39, 0.29) is 5.78 Å². The van der Waals surface area contributed by atoms with E-state index in [1.165, 1.54) is 0 Å². The lowest BCUT2D eigenvalue weighted by Gasteiger charge is -2.07. The minimum Gasteiger partial charge on any atom is -0.489 e. The maximum absolute atomic E-state index is 10.9. The van der Waals surface area contributed by atoms with E-state index in [4.69, 9.17) is 4.74 Å². The molecule has 2 aromatic rings. The first-order valence-corrected chi connectivity index (χ1v) is 7.38. The Hall–Kier alpha value is -1.61. The van der Waals surface area contributed by atoms with E-state index < -0.39 is 0 Å². The average Bonchev–Trinajstić information content (AvgIpc) is 2.44. The predicted molar refractivity (Wildman–Crippen MR) is 83.9 cm³/mol. The molecule has 0 aliphatic carbocycles. The Bertz CT molecular complexity index is 576. The van der Waals surface area contributed by atoms with Crippen LogP contribution in [0.1, 0.15) is 24.5 Å². The van der Waals surface area contributed by atoms with E-state index in [9.17, 15) is 4.79 Å². The molecule has 0 N–H and O–H groups in total. The SMILES string of the molecule is CC(=O)CCc1ccc(OCc2cccc(Br)c2)cc1. The molecule has 0 atom stereocenters. The van der Waals surface area contributed by atoms with Crippen LogP contribution in [-0.4, -0.2) is 5.78 Å². The minimum atomic E-state index is 0.222. The van der Waals surface area contributed by atoms with E-state index in [1.54, 1.807) is 6.92 Å². The second kappa shape index (κ2) is 7.25. The van der Waals surface area contributed by atoms with Crippen molar-refractivity contribution in [2.75, 3.05) is 0 Å². The van der Waals surface area contributed by atoms with Gasteiger partial charge >= 0.3 is 0 Å². The number of aryl methyl sites for hydroxylation is 1. The van der Waals surface area contributed by atoms with E-state index in [2.05, 4.69) is 15.9 Å². The third-order valence-corrected chi connectivity index (χ3v) is 3.48. The number of hydrogen-bond acceptors (Lipinski definition) is 2. The molecule has 2 rings (SSSR count). The summed E-state index contributed by atoms with van der Waals surface area (Å²) in [6, 6.07) is 16.0. The topological polar surface area (TPSA) is 26.3 Å². The van der Waals surface area contributed by atoms with E-state index >= 15 is 0 Å². The molecule has 0 saturated carbocycles. The summed E-state index contributed by atoms with van der Waals surface area (Å²) in [5.74, 6) is 1.07. The van der Waals surface area contributed by atoms with Gasteiger partial charge in [-0.25, -0.2) is 0 Å². The van der Waals surface area contributed by atoms with Gasteiger partial charge < -0.3 is 9.53 Å². The molecule has 0 bridgehead atoms. The maximum Gasteiger partial charge on any atom is 0.130 e. The van der Waals surface area contributed by atoms with Gasteiger partial charge in [0, 0.05) is 10.9 Å². The molecule has 2 aromatic carbocycles. The fourth-order valence-electron chi connectivity index (χ4n) is 1.87. The Kier molecular flexibility index (Phi) is 5.36. The zero-order valence-electron chi connectivity index (χ0n) is 11.4. The van der Waals surface area contributed by atoms with E-state index in [0.717, 1.165) is 27.8 Å². The monoisotopic (exact) mass is 332 g/mol.